The molecule has 0 heterocycles. The van der Waals surface area contributed by atoms with E-state index in [1.54, 1.807) is 0 Å². The van der Waals surface area contributed by atoms with Gasteiger partial charge in [-0.15, -0.1) is 0 Å². The predicted octanol–water partition coefficient (Wildman–Crippen LogP) is 3.87. The molecule has 0 aromatic heterocycles. The SMILES string of the molecule is Cc1cc(C)cc(OCC2CCCC2)c1. The van der Waals surface area contributed by atoms with Gasteiger partial charge in [0.15, 0.2) is 0 Å². The molecule has 1 fully saturated rings. The molecule has 0 aliphatic heterocycles. The van der Waals surface area contributed by atoms with Gasteiger partial charge in [-0.1, -0.05) is 18.9 Å². The van der Waals surface area contributed by atoms with Crippen LogP contribution in [0.1, 0.15) is 36.8 Å². The van der Waals surface area contributed by atoms with Crippen molar-refractivity contribution in [2.45, 2.75) is 39.5 Å². The normalized spacial score (nSPS) is 16.9. The van der Waals surface area contributed by atoms with Gasteiger partial charge in [0.2, 0.25) is 0 Å². The smallest absolute Gasteiger partial charge is 0.119 e. The summed E-state index contributed by atoms with van der Waals surface area (Å²) in [6, 6.07) is 6.44. The van der Waals surface area contributed by atoms with Crippen LogP contribution in [0.2, 0.25) is 0 Å². The first-order chi connectivity index (χ1) is 7.24. The first-order valence-corrected chi connectivity index (χ1v) is 5.95. The van der Waals surface area contributed by atoms with Gasteiger partial charge in [0, 0.05) is 0 Å². The van der Waals surface area contributed by atoms with Crippen molar-refractivity contribution in [2.24, 2.45) is 5.92 Å². The summed E-state index contributed by atoms with van der Waals surface area (Å²) in [4.78, 5) is 0. The highest BCUT2D eigenvalue weighted by atomic mass is 16.5. The highest BCUT2D eigenvalue weighted by molar-refractivity contribution is 5.32. The van der Waals surface area contributed by atoms with Gasteiger partial charge in [-0.25, -0.2) is 0 Å². The summed E-state index contributed by atoms with van der Waals surface area (Å²) in [5, 5.41) is 0. The molecule has 0 unspecified atom stereocenters. The minimum atomic E-state index is 0.797. The number of benzene rings is 1. The number of hydrogen-bond acceptors (Lipinski definition) is 1. The molecule has 0 N–H and O–H groups in total. The molecular formula is C14H20O. The molecule has 82 valence electrons. The zero-order valence-electron chi connectivity index (χ0n) is 9.75. The molecule has 2 rings (SSSR count). The van der Waals surface area contributed by atoms with Crippen LogP contribution in [0.3, 0.4) is 0 Å². The maximum atomic E-state index is 5.85. The van der Waals surface area contributed by atoms with Gasteiger partial charge in [-0.05, 0) is 55.9 Å². The van der Waals surface area contributed by atoms with Crippen molar-refractivity contribution in [1.82, 2.24) is 0 Å². The predicted molar refractivity (Wildman–Crippen MR) is 63.4 cm³/mol. The van der Waals surface area contributed by atoms with E-state index in [1.807, 2.05) is 0 Å². The number of aryl methyl sites for hydroxylation is 2. The monoisotopic (exact) mass is 204 g/mol. The zero-order chi connectivity index (χ0) is 10.7. The Balaban J connectivity index is 1.92. The van der Waals surface area contributed by atoms with Crippen molar-refractivity contribution in [1.29, 1.82) is 0 Å². The average Bonchev–Trinajstić information content (AvgIpc) is 2.65. The summed E-state index contributed by atoms with van der Waals surface area (Å²) in [6.45, 7) is 5.15. The molecule has 0 atom stereocenters. The molecule has 0 bridgehead atoms. The highest BCUT2D eigenvalue weighted by Crippen LogP contribution is 2.26. The molecule has 1 aliphatic carbocycles. The Morgan fingerprint density at radius 1 is 1.07 bits per heavy atom. The lowest BCUT2D eigenvalue weighted by Gasteiger charge is -2.12. The first-order valence-electron chi connectivity index (χ1n) is 5.95. The lowest BCUT2D eigenvalue weighted by Crippen LogP contribution is -2.08. The fourth-order valence-electron chi connectivity index (χ4n) is 2.41. The van der Waals surface area contributed by atoms with E-state index in [0.717, 1.165) is 18.3 Å². The van der Waals surface area contributed by atoms with Crippen LogP contribution in [0.4, 0.5) is 0 Å². The molecule has 1 saturated carbocycles. The second-order valence-electron chi connectivity index (χ2n) is 4.78. The number of ether oxygens (including phenoxy) is 1. The van der Waals surface area contributed by atoms with E-state index in [4.69, 9.17) is 4.74 Å². The summed E-state index contributed by atoms with van der Waals surface area (Å²) in [5.74, 6) is 1.84. The van der Waals surface area contributed by atoms with Gasteiger partial charge in [0.25, 0.3) is 0 Å². The molecule has 1 nitrogen and oxygen atoms in total. The van der Waals surface area contributed by atoms with Gasteiger partial charge < -0.3 is 4.74 Å². The molecular weight excluding hydrogens is 184 g/mol. The van der Waals surface area contributed by atoms with Crippen molar-refractivity contribution >= 4 is 0 Å². The van der Waals surface area contributed by atoms with Gasteiger partial charge in [-0.3, -0.25) is 0 Å². The standard InChI is InChI=1S/C14H20O/c1-11-7-12(2)9-14(8-11)15-10-13-5-3-4-6-13/h7-9,13H,3-6,10H2,1-2H3. The molecule has 1 heteroatoms. The van der Waals surface area contributed by atoms with E-state index >= 15 is 0 Å². The molecule has 1 aromatic carbocycles. The lowest BCUT2D eigenvalue weighted by atomic mass is 10.1. The Morgan fingerprint density at radius 3 is 2.27 bits per heavy atom. The van der Waals surface area contributed by atoms with Crippen LogP contribution in [0.5, 0.6) is 5.75 Å². The molecule has 0 radical (unpaired) electrons. The van der Waals surface area contributed by atoms with Crippen LogP contribution >= 0.6 is 0 Å². The van der Waals surface area contributed by atoms with E-state index in [2.05, 4.69) is 32.0 Å². The molecule has 15 heavy (non-hydrogen) atoms. The van der Waals surface area contributed by atoms with Gasteiger partial charge in [0.05, 0.1) is 6.61 Å². The van der Waals surface area contributed by atoms with Crippen LogP contribution in [-0.2, 0) is 0 Å². The van der Waals surface area contributed by atoms with Crippen molar-refractivity contribution in [3.05, 3.63) is 29.3 Å². The van der Waals surface area contributed by atoms with Crippen LogP contribution in [0, 0.1) is 19.8 Å². The second kappa shape index (κ2) is 4.69. The summed E-state index contributed by atoms with van der Waals surface area (Å²) in [6.07, 6.45) is 5.48. The highest BCUT2D eigenvalue weighted by Gasteiger charge is 2.15. The molecule has 1 aromatic rings. The third-order valence-electron chi connectivity index (χ3n) is 3.16. The average molecular weight is 204 g/mol. The molecule has 0 amide bonds. The summed E-state index contributed by atoms with van der Waals surface area (Å²) >= 11 is 0. The summed E-state index contributed by atoms with van der Waals surface area (Å²) in [5.41, 5.74) is 2.58. The molecule has 0 spiro atoms. The van der Waals surface area contributed by atoms with Gasteiger partial charge in [-0.2, -0.15) is 0 Å². The molecule has 0 saturated heterocycles. The van der Waals surface area contributed by atoms with Crippen LogP contribution in [-0.4, -0.2) is 6.61 Å². The quantitative estimate of drug-likeness (QED) is 0.726. The second-order valence-corrected chi connectivity index (χ2v) is 4.78. The van der Waals surface area contributed by atoms with Gasteiger partial charge >= 0.3 is 0 Å². The lowest BCUT2D eigenvalue weighted by molar-refractivity contribution is 0.252. The Labute approximate surface area is 92.5 Å². The fourth-order valence-corrected chi connectivity index (χ4v) is 2.41. The number of rotatable bonds is 3. The van der Waals surface area contributed by atoms with E-state index in [0.29, 0.717) is 0 Å². The molecule has 1 aliphatic rings. The Hall–Kier alpha value is -0.980. The van der Waals surface area contributed by atoms with Crippen molar-refractivity contribution in [3.8, 4) is 5.75 Å². The van der Waals surface area contributed by atoms with Crippen LogP contribution < -0.4 is 4.74 Å². The summed E-state index contributed by atoms with van der Waals surface area (Å²) in [7, 11) is 0. The third-order valence-corrected chi connectivity index (χ3v) is 3.16. The minimum absolute atomic E-state index is 0.797. The maximum absolute atomic E-state index is 5.85. The summed E-state index contributed by atoms with van der Waals surface area (Å²) < 4.78 is 5.85. The topological polar surface area (TPSA) is 9.23 Å². The first kappa shape index (κ1) is 10.5. The minimum Gasteiger partial charge on any atom is -0.493 e. The van der Waals surface area contributed by atoms with E-state index in [-0.39, 0.29) is 0 Å². The van der Waals surface area contributed by atoms with Crippen molar-refractivity contribution < 1.29 is 4.74 Å². The van der Waals surface area contributed by atoms with Crippen molar-refractivity contribution in [3.63, 3.8) is 0 Å². The third kappa shape index (κ3) is 2.98. The van der Waals surface area contributed by atoms with Gasteiger partial charge in [0.1, 0.15) is 5.75 Å². The van der Waals surface area contributed by atoms with Crippen LogP contribution in [0.15, 0.2) is 18.2 Å². The zero-order valence-corrected chi connectivity index (χ0v) is 9.75. The van der Waals surface area contributed by atoms with Crippen LogP contribution in [0.25, 0.3) is 0 Å². The Morgan fingerprint density at radius 2 is 1.67 bits per heavy atom. The van der Waals surface area contributed by atoms with E-state index in [1.165, 1.54) is 36.8 Å². The number of hydrogen-bond donors (Lipinski definition) is 0. The fraction of sp³-hybridized carbons (Fsp3) is 0.571. The van der Waals surface area contributed by atoms with E-state index < -0.39 is 0 Å². The Kier molecular flexibility index (Phi) is 3.30. The Bertz CT molecular complexity index is 304. The maximum Gasteiger partial charge on any atom is 0.119 e. The largest absolute Gasteiger partial charge is 0.493 e. The van der Waals surface area contributed by atoms with Crippen molar-refractivity contribution in [2.75, 3.05) is 6.61 Å². The van der Waals surface area contributed by atoms with E-state index in [9.17, 15) is 0 Å².